The molecule has 0 aliphatic heterocycles. The minimum Gasteiger partial charge on any atom is -0.343 e. The normalized spacial score (nSPS) is 10.4. The summed E-state index contributed by atoms with van der Waals surface area (Å²) in [6.07, 6.45) is 1.12. The van der Waals surface area contributed by atoms with Crippen LogP contribution in [0, 0.1) is 15.9 Å². The van der Waals surface area contributed by atoms with Gasteiger partial charge in [-0.1, -0.05) is 24.3 Å². The summed E-state index contributed by atoms with van der Waals surface area (Å²) < 4.78 is 13.4. The molecule has 8 nitrogen and oxygen atoms in total. The number of nitrogens with one attached hydrogen (secondary N) is 2. The number of rotatable bonds is 6. The summed E-state index contributed by atoms with van der Waals surface area (Å²) in [5, 5.41) is 16.7. The maximum absolute atomic E-state index is 13.4. The fraction of sp³-hybridized carbons (Fsp3) is 0.0625. The molecule has 0 bridgehead atoms. The maximum atomic E-state index is 13.4. The van der Waals surface area contributed by atoms with Crippen molar-refractivity contribution in [2.75, 3.05) is 6.54 Å². The van der Waals surface area contributed by atoms with E-state index >= 15 is 0 Å². The number of halogens is 1. The Morgan fingerprint density at radius 1 is 1.16 bits per heavy atom. The van der Waals surface area contributed by atoms with E-state index in [2.05, 4.69) is 15.8 Å². The van der Waals surface area contributed by atoms with Crippen molar-refractivity contribution in [3.8, 4) is 0 Å². The molecule has 2 rings (SSSR count). The second-order valence-corrected chi connectivity index (χ2v) is 4.77. The van der Waals surface area contributed by atoms with Crippen molar-refractivity contribution < 1.29 is 18.9 Å². The first-order valence-corrected chi connectivity index (χ1v) is 7.07. The summed E-state index contributed by atoms with van der Waals surface area (Å²) in [5.74, 6) is -2.11. The lowest BCUT2D eigenvalue weighted by Crippen LogP contribution is -2.35. The van der Waals surface area contributed by atoms with Crippen molar-refractivity contribution in [3.05, 3.63) is 75.6 Å². The Bertz CT molecular complexity index is 838. The van der Waals surface area contributed by atoms with E-state index in [0.29, 0.717) is 0 Å². The second kappa shape index (κ2) is 8.29. The molecule has 25 heavy (non-hydrogen) atoms. The molecular weight excluding hydrogens is 331 g/mol. The molecule has 0 aliphatic carbocycles. The predicted molar refractivity (Wildman–Crippen MR) is 87.6 cm³/mol. The zero-order valence-corrected chi connectivity index (χ0v) is 12.8. The van der Waals surface area contributed by atoms with E-state index in [1.807, 2.05) is 0 Å². The number of amides is 2. The number of hydrogen-bond donors (Lipinski definition) is 2. The van der Waals surface area contributed by atoms with Gasteiger partial charge in [-0.25, -0.2) is 9.82 Å². The Morgan fingerprint density at radius 2 is 1.84 bits per heavy atom. The molecule has 128 valence electrons. The molecule has 0 saturated heterocycles. The minimum absolute atomic E-state index is 0.159. The SMILES string of the molecule is O=C(CNC(=O)c1ccccc1F)NN=Cc1ccccc1[N+](=O)[O-]. The number of hydrogen-bond acceptors (Lipinski definition) is 5. The Labute approximate surface area is 141 Å². The third-order valence-electron chi connectivity index (χ3n) is 3.05. The van der Waals surface area contributed by atoms with Gasteiger partial charge in [-0.15, -0.1) is 0 Å². The fourth-order valence-corrected chi connectivity index (χ4v) is 1.88. The largest absolute Gasteiger partial charge is 0.343 e. The van der Waals surface area contributed by atoms with E-state index in [4.69, 9.17) is 0 Å². The first kappa shape index (κ1) is 17.7. The summed E-state index contributed by atoms with van der Waals surface area (Å²) in [6.45, 7) is -0.429. The van der Waals surface area contributed by atoms with Gasteiger partial charge >= 0.3 is 0 Å². The molecule has 2 aromatic carbocycles. The van der Waals surface area contributed by atoms with Gasteiger partial charge in [-0.2, -0.15) is 5.10 Å². The fourth-order valence-electron chi connectivity index (χ4n) is 1.88. The molecule has 2 aromatic rings. The number of benzene rings is 2. The van der Waals surface area contributed by atoms with Crippen molar-refractivity contribution in [1.82, 2.24) is 10.7 Å². The zero-order valence-electron chi connectivity index (χ0n) is 12.8. The lowest BCUT2D eigenvalue weighted by atomic mass is 10.2. The Hall–Kier alpha value is -3.62. The van der Waals surface area contributed by atoms with E-state index in [-0.39, 0.29) is 16.8 Å². The summed E-state index contributed by atoms with van der Waals surface area (Å²) >= 11 is 0. The first-order chi connectivity index (χ1) is 12.0. The van der Waals surface area contributed by atoms with Gasteiger partial charge < -0.3 is 5.32 Å². The third kappa shape index (κ3) is 4.93. The highest BCUT2D eigenvalue weighted by Gasteiger charge is 2.12. The summed E-state index contributed by atoms with van der Waals surface area (Å²) in [5.41, 5.74) is 1.99. The van der Waals surface area contributed by atoms with Crippen LogP contribution in [0.1, 0.15) is 15.9 Å². The molecule has 0 saturated carbocycles. The van der Waals surface area contributed by atoms with E-state index in [1.54, 1.807) is 6.07 Å². The number of para-hydroxylation sites is 1. The van der Waals surface area contributed by atoms with Crippen molar-refractivity contribution >= 4 is 23.7 Å². The topological polar surface area (TPSA) is 114 Å². The van der Waals surface area contributed by atoms with Crippen LogP contribution in [0.4, 0.5) is 10.1 Å². The van der Waals surface area contributed by atoms with Crippen LogP contribution >= 0.6 is 0 Å². The van der Waals surface area contributed by atoms with Crippen molar-refractivity contribution in [2.24, 2.45) is 5.10 Å². The van der Waals surface area contributed by atoms with E-state index < -0.39 is 29.1 Å². The molecule has 0 aromatic heterocycles. The van der Waals surface area contributed by atoms with Crippen molar-refractivity contribution in [2.45, 2.75) is 0 Å². The molecule has 0 atom stereocenters. The number of carbonyl (C=O) groups is 2. The number of carbonyl (C=O) groups excluding carboxylic acids is 2. The minimum atomic E-state index is -0.740. The highest BCUT2D eigenvalue weighted by molar-refractivity contribution is 5.96. The van der Waals surface area contributed by atoms with Crippen LogP contribution in [-0.4, -0.2) is 29.5 Å². The van der Waals surface area contributed by atoms with E-state index in [0.717, 1.165) is 12.3 Å². The van der Waals surface area contributed by atoms with Crippen LogP contribution in [0.3, 0.4) is 0 Å². The van der Waals surface area contributed by atoms with Crippen molar-refractivity contribution in [1.29, 1.82) is 0 Å². The van der Waals surface area contributed by atoms with Crippen LogP contribution in [0.2, 0.25) is 0 Å². The molecule has 2 N–H and O–H groups in total. The van der Waals surface area contributed by atoms with E-state index in [1.165, 1.54) is 36.4 Å². The molecule has 0 spiro atoms. The summed E-state index contributed by atoms with van der Waals surface area (Å²) in [4.78, 5) is 33.6. The van der Waals surface area contributed by atoms with Gasteiger partial charge in [0.05, 0.1) is 28.8 Å². The summed E-state index contributed by atoms with van der Waals surface area (Å²) in [6, 6.07) is 11.2. The average molecular weight is 344 g/mol. The molecule has 0 radical (unpaired) electrons. The number of nitro benzene ring substituents is 1. The van der Waals surface area contributed by atoms with Gasteiger partial charge in [-0.05, 0) is 18.2 Å². The van der Waals surface area contributed by atoms with Gasteiger partial charge in [0.1, 0.15) is 5.82 Å². The lowest BCUT2D eigenvalue weighted by Gasteiger charge is -2.05. The highest BCUT2D eigenvalue weighted by Crippen LogP contribution is 2.14. The Kier molecular flexibility index (Phi) is 5.88. The lowest BCUT2D eigenvalue weighted by molar-refractivity contribution is -0.385. The molecule has 0 aliphatic rings. The number of nitrogens with zero attached hydrogens (tertiary/aromatic N) is 2. The van der Waals surface area contributed by atoms with Crippen LogP contribution < -0.4 is 10.7 Å². The highest BCUT2D eigenvalue weighted by atomic mass is 19.1. The first-order valence-electron chi connectivity index (χ1n) is 7.07. The smallest absolute Gasteiger partial charge is 0.278 e. The zero-order chi connectivity index (χ0) is 18.2. The molecule has 0 unspecified atom stereocenters. The standard InChI is InChI=1S/C16H13FN4O4/c17-13-7-3-2-6-12(13)16(23)18-10-15(22)20-19-9-11-5-1-4-8-14(11)21(24)25/h1-9H,10H2,(H,18,23)(H,20,22). The van der Waals surface area contributed by atoms with Gasteiger partial charge in [0, 0.05) is 6.07 Å². The van der Waals surface area contributed by atoms with Gasteiger partial charge in [0.2, 0.25) is 0 Å². The van der Waals surface area contributed by atoms with Crippen LogP contribution in [-0.2, 0) is 4.79 Å². The second-order valence-electron chi connectivity index (χ2n) is 4.77. The molecule has 2 amide bonds. The monoisotopic (exact) mass is 344 g/mol. The predicted octanol–water partition coefficient (Wildman–Crippen LogP) is 1.61. The van der Waals surface area contributed by atoms with Crippen LogP contribution in [0.15, 0.2) is 53.6 Å². The van der Waals surface area contributed by atoms with Gasteiger partial charge in [-0.3, -0.25) is 19.7 Å². The third-order valence-corrected chi connectivity index (χ3v) is 3.05. The Balaban J connectivity index is 1.88. The molecule has 0 fully saturated rings. The van der Waals surface area contributed by atoms with Gasteiger partial charge in [0.25, 0.3) is 17.5 Å². The van der Waals surface area contributed by atoms with Gasteiger partial charge in [0.15, 0.2) is 0 Å². The molecular formula is C16H13FN4O4. The van der Waals surface area contributed by atoms with Crippen LogP contribution in [0.5, 0.6) is 0 Å². The van der Waals surface area contributed by atoms with Crippen molar-refractivity contribution in [3.63, 3.8) is 0 Å². The molecule has 9 heteroatoms. The number of hydrazone groups is 1. The quantitative estimate of drug-likeness (QED) is 0.471. The molecule has 0 heterocycles. The summed E-state index contributed by atoms with van der Waals surface area (Å²) in [7, 11) is 0. The maximum Gasteiger partial charge on any atom is 0.278 e. The van der Waals surface area contributed by atoms with E-state index in [9.17, 15) is 24.1 Å². The number of nitro groups is 1. The Morgan fingerprint density at radius 3 is 2.56 bits per heavy atom. The van der Waals surface area contributed by atoms with Crippen LogP contribution in [0.25, 0.3) is 0 Å². The average Bonchev–Trinajstić information content (AvgIpc) is 2.60.